The fraction of sp³-hybridized carbons (Fsp3) is 0.357. The lowest BCUT2D eigenvalue weighted by molar-refractivity contribution is -0.131. The average Bonchev–Trinajstić information content (AvgIpc) is 3.40. The standard InChI is InChI=1S/C28H27F2N5O3/c1-15(36)34-10-9-16-5-4-6-23(38-27(29)30)24(16)21-12-22(34)25-33-19-8-7-17(11-20(19)35(21)25)18-13-31-26(32-14-18)28(2,3)37/h4-8,11,13-14,21-22,27,37H,9-10,12H2,1-3H3/t21-,22-/m1/s1. The molecule has 2 aromatic carbocycles. The van der Waals surface area contributed by atoms with Gasteiger partial charge in [0.15, 0.2) is 5.82 Å². The molecule has 1 N–H and O–H groups in total. The maximum Gasteiger partial charge on any atom is 0.387 e. The second kappa shape index (κ2) is 8.83. The third-order valence-electron chi connectivity index (χ3n) is 7.41. The van der Waals surface area contributed by atoms with E-state index in [9.17, 15) is 18.7 Å². The lowest BCUT2D eigenvalue weighted by atomic mass is 9.91. The Labute approximate surface area is 217 Å². The van der Waals surface area contributed by atoms with E-state index in [2.05, 4.69) is 14.5 Å². The molecule has 4 heterocycles. The first-order chi connectivity index (χ1) is 18.1. The fourth-order valence-corrected chi connectivity index (χ4v) is 5.74. The predicted octanol–water partition coefficient (Wildman–Crippen LogP) is 4.76. The Morgan fingerprint density at radius 1 is 1.13 bits per heavy atom. The maximum absolute atomic E-state index is 13.4. The minimum Gasteiger partial charge on any atom is -0.434 e. The largest absolute Gasteiger partial charge is 0.434 e. The molecule has 6 rings (SSSR count). The van der Waals surface area contributed by atoms with E-state index in [-0.39, 0.29) is 23.7 Å². The van der Waals surface area contributed by atoms with Crippen molar-refractivity contribution in [2.24, 2.45) is 0 Å². The number of carbonyl (C=O) groups is 1. The Balaban J connectivity index is 1.53. The molecule has 0 saturated heterocycles. The molecule has 0 aliphatic carbocycles. The molecule has 0 fully saturated rings. The lowest BCUT2D eigenvalue weighted by Crippen LogP contribution is -2.35. The van der Waals surface area contributed by atoms with Crippen molar-refractivity contribution >= 4 is 16.9 Å². The summed E-state index contributed by atoms with van der Waals surface area (Å²) in [6, 6.07) is 10.4. The second-order valence-corrected chi connectivity index (χ2v) is 10.3. The van der Waals surface area contributed by atoms with E-state index in [0.717, 1.165) is 33.5 Å². The van der Waals surface area contributed by atoms with Gasteiger partial charge in [-0.2, -0.15) is 8.78 Å². The molecule has 2 aliphatic rings. The SMILES string of the molecule is CC(=O)N1CCc2cccc(OC(F)F)c2[C@H]2C[C@@H]1c1nc3ccc(-c4cnc(C(C)(C)O)nc4)cc3n12. The summed E-state index contributed by atoms with van der Waals surface area (Å²) < 4.78 is 33.8. The summed E-state index contributed by atoms with van der Waals surface area (Å²) in [5, 5.41) is 10.2. The number of amides is 1. The van der Waals surface area contributed by atoms with Crippen molar-refractivity contribution in [3.63, 3.8) is 0 Å². The zero-order valence-electron chi connectivity index (χ0n) is 21.2. The molecule has 8 nitrogen and oxygen atoms in total. The van der Waals surface area contributed by atoms with E-state index in [4.69, 9.17) is 9.72 Å². The Morgan fingerprint density at radius 2 is 1.89 bits per heavy atom. The predicted molar refractivity (Wildman–Crippen MR) is 136 cm³/mol. The number of hydrogen-bond donors (Lipinski definition) is 1. The second-order valence-electron chi connectivity index (χ2n) is 10.3. The van der Waals surface area contributed by atoms with Gasteiger partial charge in [-0.15, -0.1) is 0 Å². The van der Waals surface area contributed by atoms with Gasteiger partial charge in [-0.05, 0) is 49.6 Å². The normalized spacial score (nSPS) is 18.8. The number of nitrogens with zero attached hydrogens (tertiary/aromatic N) is 5. The number of hydrogen-bond acceptors (Lipinski definition) is 6. The van der Waals surface area contributed by atoms with Crippen molar-refractivity contribution < 1.29 is 23.4 Å². The molecular formula is C28H27F2N5O3. The number of alkyl halides is 2. The van der Waals surface area contributed by atoms with Gasteiger partial charge in [0.05, 0.1) is 23.1 Å². The quantitative estimate of drug-likeness (QED) is 0.418. The van der Waals surface area contributed by atoms with E-state index in [1.165, 1.54) is 0 Å². The molecule has 4 aromatic rings. The number of fused-ring (bicyclic) bond motifs is 9. The highest BCUT2D eigenvalue weighted by Crippen LogP contribution is 2.49. The molecule has 2 aromatic heterocycles. The summed E-state index contributed by atoms with van der Waals surface area (Å²) in [5.41, 5.74) is 3.60. The minimum atomic E-state index is -2.95. The summed E-state index contributed by atoms with van der Waals surface area (Å²) in [5.74, 6) is 1.15. The summed E-state index contributed by atoms with van der Waals surface area (Å²) in [4.78, 5) is 28.1. The highest BCUT2D eigenvalue weighted by Gasteiger charge is 2.42. The van der Waals surface area contributed by atoms with Crippen molar-refractivity contribution in [2.75, 3.05) is 6.54 Å². The Hall–Kier alpha value is -3.92. The summed E-state index contributed by atoms with van der Waals surface area (Å²) >= 11 is 0. The van der Waals surface area contributed by atoms with Crippen LogP contribution in [-0.4, -0.2) is 48.6 Å². The zero-order chi connectivity index (χ0) is 26.8. The number of imidazole rings is 1. The van der Waals surface area contributed by atoms with Gasteiger partial charge in [-0.1, -0.05) is 18.2 Å². The van der Waals surface area contributed by atoms with Crippen LogP contribution in [0.15, 0.2) is 48.8 Å². The highest BCUT2D eigenvalue weighted by molar-refractivity contribution is 5.83. The van der Waals surface area contributed by atoms with Gasteiger partial charge < -0.3 is 19.3 Å². The van der Waals surface area contributed by atoms with E-state index in [1.54, 1.807) is 45.3 Å². The van der Waals surface area contributed by atoms with Gasteiger partial charge in [0, 0.05) is 43.4 Å². The Bertz CT molecular complexity index is 1540. The molecule has 38 heavy (non-hydrogen) atoms. The van der Waals surface area contributed by atoms with Crippen molar-refractivity contribution in [3.05, 3.63) is 71.6 Å². The summed E-state index contributed by atoms with van der Waals surface area (Å²) in [7, 11) is 0. The summed E-state index contributed by atoms with van der Waals surface area (Å²) in [6.07, 6.45) is 4.38. The molecule has 0 radical (unpaired) electrons. The topological polar surface area (TPSA) is 93.4 Å². The monoisotopic (exact) mass is 519 g/mol. The maximum atomic E-state index is 13.4. The average molecular weight is 520 g/mol. The number of rotatable bonds is 4. The van der Waals surface area contributed by atoms with Gasteiger partial charge in [-0.25, -0.2) is 15.0 Å². The van der Waals surface area contributed by atoms with Crippen LogP contribution >= 0.6 is 0 Å². The molecule has 1 amide bonds. The zero-order valence-corrected chi connectivity index (χ0v) is 21.2. The smallest absolute Gasteiger partial charge is 0.387 e. The van der Waals surface area contributed by atoms with Gasteiger partial charge in [-0.3, -0.25) is 4.79 Å². The molecule has 2 aliphatic heterocycles. The van der Waals surface area contributed by atoms with E-state index in [0.29, 0.717) is 30.8 Å². The number of halogens is 2. The third-order valence-corrected chi connectivity index (χ3v) is 7.41. The molecule has 2 bridgehead atoms. The molecule has 0 unspecified atom stereocenters. The van der Waals surface area contributed by atoms with Crippen LogP contribution in [0.5, 0.6) is 5.75 Å². The molecule has 2 atom stereocenters. The van der Waals surface area contributed by atoms with Crippen LogP contribution in [0.3, 0.4) is 0 Å². The van der Waals surface area contributed by atoms with Crippen molar-refractivity contribution in [2.45, 2.75) is 57.9 Å². The van der Waals surface area contributed by atoms with E-state index in [1.807, 2.05) is 29.2 Å². The first kappa shape index (κ1) is 24.4. The van der Waals surface area contributed by atoms with Gasteiger partial charge in [0.1, 0.15) is 17.2 Å². The molecule has 10 heteroatoms. The number of aliphatic hydroxyl groups is 1. The van der Waals surface area contributed by atoms with Crippen LogP contribution in [-0.2, 0) is 16.8 Å². The van der Waals surface area contributed by atoms with E-state index < -0.39 is 12.2 Å². The molecule has 0 spiro atoms. The van der Waals surface area contributed by atoms with Gasteiger partial charge in [0.2, 0.25) is 5.91 Å². The van der Waals surface area contributed by atoms with Gasteiger partial charge in [0.25, 0.3) is 0 Å². The molecule has 0 saturated carbocycles. The van der Waals surface area contributed by atoms with Gasteiger partial charge >= 0.3 is 6.61 Å². The number of carbonyl (C=O) groups excluding carboxylic acids is 1. The summed E-state index contributed by atoms with van der Waals surface area (Å²) in [6.45, 7) is 2.31. The Kier molecular flexibility index (Phi) is 5.68. The van der Waals surface area contributed by atoms with Crippen LogP contribution in [0.1, 0.15) is 62.1 Å². The van der Waals surface area contributed by atoms with Crippen LogP contribution in [0.2, 0.25) is 0 Å². The van der Waals surface area contributed by atoms with Crippen LogP contribution in [0, 0.1) is 0 Å². The number of aromatic nitrogens is 4. The minimum absolute atomic E-state index is 0.0533. The van der Waals surface area contributed by atoms with Crippen molar-refractivity contribution in [1.82, 2.24) is 24.4 Å². The lowest BCUT2D eigenvalue weighted by Gasteiger charge is -2.31. The fourth-order valence-electron chi connectivity index (χ4n) is 5.74. The number of ether oxygens (including phenoxy) is 1. The first-order valence-electron chi connectivity index (χ1n) is 12.5. The van der Waals surface area contributed by atoms with Crippen LogP contribution in [0.25, 0.3) is 22.2 Å². The van der Waals surface area contributed by atoms with E-state index >= 15 is 0 Å². The Morgan fingerprint density at radius 3 is 2.58 bits per heavy atom. The molecular weight excluding hydrogens is 492 g/mol. The van der Waals surface area contributed by atoms with Crippen LogP contribution in [0.4, 0.5) is 8.78 Å². The van der Waals surface area contributed by atoms with Crippen molar-refractivity contribution in [1.29, 1.82) is 0 Å². The highest BCUT2D eigenvalue weighted by atomic mass is 19.3. The molecule has 196 valence electrons. The first-order valence-corrected chi connectivity index (χ1v) is 12.5. The van der Waals surface area contributed by atoms with Crippen LogP contribution < -0.4 is 4.74 Å². The number of benzene rings is 2. The van der Waals surface area contributed by atoms with Crippen molar-refractivity contribution in [3.8, 4) is 16.9 Å². The third kappa shape index (κ3) is 3.99.